The molecule has 0 aliphatic heterocycles. The predicted octanol–water partition coefficient (Wildman–Crippen LogP) is 1.19. The van der Waals surface area contributed by atoms with E-state index in [0.717, 1.165) is 30.8 Å². The molecule has 0 unspecified atom stereocenters. The van der Waals surface area contributed by atoms with Crippen molar-refractivity contribution in [2.24, 2.45) is 0 Å². The molecule has 3 heteroatoms. The minimum absolute atomic E-state index is 0.544. The highest BCUT2D eigenvalue weighted by molar-refractivity contribution is 5.22. The third kappa shape index (κ3) is 1.05. The average Bonchev–Trinajstić information content (AvgIpc) is 2.64. The Morgan fingerprint density at radius 3 is 2.83 bits per heavy atom. The van der Waals surface area contributed by atoms with Gasteiger partial charge in [0.05, 0.1) is 11.4 Å². The first kappa shape index (κ1) is 7.80. The van der Waals surface area contributed by atoms with E-state index in [1.165, 1.54) is 0 Å². The summed E-state index contributed by atoms with van der Waals surface area (Å²) in [6.45, 7) is 4.84. The Bertz CT molecular complexity index is 299. The summed E-state index contributed by atoms with van der Waals surface area (Å²) >= 11 is 0. The van der Waals surface area contributed by atoms with Gasteiger partial charge in [-0.25, -0.2) is 0 Å². The van der Waals surface area contributed by atoms with Gasteiger partial charge in [-0.05, 0) is 32.8 Å². The molecule has 0 amide bonds. The summed E-state index contributed by atoms with van der Waals surface area (Å²) in [5.74, 6) is 0. The quantitative estimate of drug-likeness (QED) is 0.716. The van der Waals surface area contributed by atoms with Gasteiger partial charge >= 0.3 is 0 Å². The molecule has 0 bridgehead atoms. The molecule has 0 atom stereocenters. The standard InChI is InChI=1S/C9H14N2O/c1-3-11-8(6-7(2)10-11)9(12)4-5-9/h6,12H,3-5H2,1-2H3. The molecule has 0 saturated heterocycles. The fraction of sp³-hybridized carbons (Fsp3) is 0.667. The molecule has 1 aliphatic rings. The molecule has 0 aromatic carbocycles. The second-order valence-electron chi connectivity index (χ2n) is 3.52. The fourth-order valence-electron chi connectivity index (χ4n) is 1.54. The van der Waals surface area contributed by atoms with Crippen molar-refractivity contribution < 1.29 is 5.11 Å². The number of aromatic nitrogens is 2. The van der Waals surface area contributed by atoms with Gasteiger partial charge in [0, 0.05) is 6.54 Å². The highest BCUT2D eigenvalue weighted by Crippen LogP contribution is 2.45. The van der Waals surface area contributed by atoms with Crippen LogP contribution in [0.25, 0.3) is 0 Å². The Morgan fingerprint density at radius 1 is 1.67 bits per heavy atom. The van der Waals surface area contributed by atoms with Crippen LogP contribution in [0.5, 0.6) is 0 Å². The van der Waals surface area contributed by atoms with Crippen LogP contribution < -0.4 is 0 Å². The maximum Gasteiger partial charge on any atom is 0.106 e. The van der Waals surface area contributed by atoms with E-state index in [1.807, 2.05) is 24.6 Å². The van der Waals surface area contributed by atoms with Gasteiger partial charge in [-0.3, -0.25) is 4.68 Å². The van der Waals surface area contributed by atoms with E-state index in [0.29, 0.717) is 0 Å². The van der Waals surface area contributed by atoms with Crippen LogP contribution in [0, 0.1) is 6.92 Å². The van der Waals surface area contributed by atoms with Gasteiger partial charge in [0.2, 0.25) is 0 Å². The van der Waals surface area contributed by atoms with Gasteiger partial charge in [-0.2, -0.15) is 5.10 Å². The SMILES string of the molecule is CCn1nc(C)cc1C1(O)CC1. The summed E-state index contributed by atoms with van der Waals surface area (Å²) in [7, 11) is 0. The van der Waals surface area contributed by atoms with E-state index in [4.69, 9.17) is 0 Å². The molecule has 66 valence electrons. The Morgan fingerprint density at radius 2 is 2.33 bits per heavy atom. The van der Waals surface area contributed by atoms with Gasteiger partial charge in [0.25, 0.3) is 0 Å². The Labute approximate surface area is 72.0 Å². The first-order chi connectivity index (χ1) is 5.65. The number of rotatable bonds is 2. The molecule has 1 saturated carbocycles. The Balaban J connectivity index is 2.41. The van der Waals surface area contributed by atoms with Crippen LogP contribution >= 0.6 is 0 Å². The van der Waals surface area contributed by atoms with Gasteiger partial charge in [0.15, 0.2) is 0 Å². The largest absolute Gasteiger partial charge is 0.384 e. The number of nitrogens with zero attached hydrogens (tertiary/aromatic N) is 2. The monoisotopic (exact) mass is 166 g/mol. The van der Waals surface area contributed by atoms with Crippen LogP contribution in [-0.2, 0) is 12.1 Å². The minimum atomic E-state index is -0.544. The highest BCUT2D eigenvalue weighted by Gasteiger charge is 2.44. The minimum Gasteiger partial charge on any atom is -0.384 e. The fourth-order valence-corrected chi connectivity index (χ4v) is 1.54. The maximum absolute atomic E-state index is 9.86. The average molecular weight is 166 g/mol. The molecule has 1 aromatic heterocycles. The van der Waals surface area contributed by atoms with E-state index in [2.05, 4.69) is 5.10 Å². The van der Waals surface area contributed by atoms with Gasteiger partial charge in [-0.1, -0.05) is 0 Å². The van der Waals surface area contributed by atoms with E-state index in [1.54, 1.807) is 0 Å². The number of aliphatic hydroxyl groups is 1. The van der Waals surface area contributed by atoms with Crippen molar-refractivity contribution in [2.45, 2.75) is 38.8 Å². The van der Waals surface area contributed by atoms with E-state index < -0.39 is 5.60 Å². The third-order valence-electron chi connectivity index (χ3n) is 2.40. The lowest BCUT2D eigenvalue weighted by atomic mass is 10.2. The molecule has 0 radical (unpaired) electrons. The zero-order valence-electron chi connectivity index (χ0n) is 7.54. The summed E-state index contributed by atoms with van der Waals surface area (Å²) in [6, 6.07) is 1.98. The molecule has 2 rings (SSSR count). The smallest absolute Gasteiger partial charge is 0.106 e. The van der Waals surface area contributed by atoms with Crippen molar-refractivity contribution in [3.63, 3.8) is 0 Å². The molecule has 1 aliphatic carbocycles. The van der Waals surface area contributed by atoms with Gasteiger partial charge in [0.1, 0.15) is 5.60 Å². The zero-order valence-corrected chi connectivity index (χ0v) is 7.54. The van der Waals surface area contributed by atoms with E-state index in [9.17, 15) is 5.11 Å². The third-order valence-corrected chi connectivity index (χ3v) is 2.40. The second kappa shape index (κ2) is 2.33. The lowest BCUT2D eigenvalue weighted by molar-refractivity contribution is 0.140. The first-order valence-electron chi connectivity index (χ1n) is 4.43. The van der Waals surface area contributed by atoms with E-state index >= 15 is 0 Å². The van der Waals surface area contributed by atoms with Crippen LogP contribution in [0.3, 0.4) is 0 Å². The van der Waals surface area contributed by atoms with Crippen molar-refractivity contribution in [3.8, 4) is 0 Å². The molecule has 1 heterocycles. The van der Waals surface area contributed by atoms with E-state index in [-0.39, 0.29) is 0 Å². The molecular weight excluding hydrogens is 152 g/mol. The maximum atomic E-state index is 9.86. The second-order valence-corrected chi connectivity index (χ2v) is 3.52. The summed E-state index contributed by atoms with van der Waals surface area (Å²) in [4.78, 5) is 0. The van der Waals surface area contributed by atoms with Crippen LogP contribution in [0.2, 0.25) is 0 Å². The normalized spacial score (nSPS) is 19.6. The van der Waals surface area contributed by atoms with Crippen LogP contribution in [0.4, 0.5) is 0 Å². The van der Waals surface area contributed by atoms with Gasteiger partial charge < -0.3 is 5.11 Å². The topological polar surface area (TPSA) is 38.0 Å². The Hall–Kier alpha value is -0.830. The molecule has 1 fully saturated rings. The molecule has 3 nitrogen and oxygen atoms in total. The lowest BCUT2D eigenvalue weighted by Gasteiger charge is -2.08. The molecule has 1 N–H and O–H groups in total. The molecule has 0 spiro atoms. The van der Waals surface area contributed by atoms with Crippen molar-refractivity contribution >= 4 is 0 Å². The molecule has 12 heavy (non-hydrogen) atoms. The van der Waals surface area contributed by atoms with Crippen LogP contribution in [0.1, 0.15) is 31.2 Å². The number of aryl methyl sites for hydroxylation is 2. The van der Waals surface area contributed by atoms with Crippen molar-refractivity contribution in [1.29, 1.82) is 0 Å². The molecule has 1 aromatic rings. The summed E-state index contributed by atoms with van der Waals surface area (Å²) in [5, 5.41) is 14.2. The first-order valence-corrected chi connectivity index (χ1v) is 4.43. The van der Waals surface area contributed by atoms with Crippen molar-refractivity contribution in [1.82, 2.24) is 9.78 Å². The summed E-state index contributed by atoms with van der Waals surface area (Å²) in [6.07, 6.45) is 1.77. The highest BCUT2D eigenvalue weighted by atomic mass is 16.3. The predicted molar refractivity (Wildman–Crippen MR) is 45.8 cm³/mol. The van der Waals surface area contributed by atoms with Gasteiger partial charge in [-0.15, -0.1) is 0 Å². The summed E-state index contributed by atoms with van der Waals surface area (Å²) < 4.78 is 1.89. The van der Waals surface area contributed by atoms with Crippen molar-refractivity contribution in [2.75, 3.05) is 0 Å². The molecular formula is C9H14N2O. The number of hydrogen-bond donors (Lipinski definition) is 1. The Kier molecular flexibility index (Phi) is 1.51. The lowest BCUT2D eigenvalue weighted by Crippen LogP contribution is -2.12. The van der Waals surface area contributed by atoms with Crippen LogP contribution in [-0.4, -0.2) is 14.9 Å². The van der Waals surface area contributed by atoms with Crippen molar-refractivity contribution in [3.05, 3.63) is 17.5 Å². The van der Waals surface area contributed by atoms with Crippen LogP contribution in [0.15, 0.2) is 6.07 Å². The number of hydrogen-bond acceptors (Lipinski definition) is 2. The zero-order chi connectivity index (χ0) is 8.77. The summed E-state index contributed by atoms with van der Waals surface area (Å²) in [5.41, 5.74) is 1.44.